The van der Waals surface area contributed by atoms with Crippen molar-refractivity contribution in [1.29, 1.82) is 10.5 Å². The summed E-state index contributed by atoms with van der Waals surface area (Å²) in [4.78, 5) is 0.391. The van der Waals surface area contributed by atoms with Gasteiger partial charge in [-0.25, -0.2) is 4.39 Å². The molecule has 2 nitrogen and oxygen atoms in total. The average molecular weight is 213 g/mol. The van der Waals surface area contributed by atoms with E-state index >= 15 is 0 Å². The second-order valence-electron chi connectivity index (χ2n) is 2.07. The molecule has 13 heavy (non-hydrogen) atoms. The predicted octanol–water partition coefficient (Wildman–Crippen LogP) is 2.92. The van der Waals surface area contributed by atoms with Crippen LogP contribution in [0, 0.1) is 27.8 Å². The highest BCUT2D eigenvalue weighted by Gasteiger charge is 2.08. The Morgan fingerprint density at radius 2 is 2.08 bits per heavy atom. The molecule has 0 aliphatic heterocycles. The maximum Gasteiger partial charge on any atom is 0.142 e. The molecule has 0 aromatic heterocycles. The van der Waals surface area contributed by atoms with Gasteiger partial charge in [0.15, 0.2) is 0 Å². The van der Waals surface area contributed by atoms with Crippen molar-refractivity contribution in [2.75, 3.05) is 0 Å². The van der Waals surface area contributed by atoms with E-state index in [1.807, 2.05) is 0 Å². The molecule has 0 radical (unpaired) electrons. The number of nitrogens with zero attached hydrogens (tertiary/aromatic N) is 2. The molecule has 64 valence electrons. The molecule has 5 heteroatoms. The van der Waals surface area contributed by atoms with Crippen LogP contribution in [0.3, 0.4) is 0 Å². The molecule has 1 aromatic carbocycles. The quantitative estimate of drug-likeness (QED) is 0.531. The van der Waals surface area contributed by atoms with Crippen molar-refractivity contribution in [2.24, 2.45) is 0 Å². The maximum absolute atomic E-state index is 12.9. The van der Waals surface area contributed by atoms with Gasteiger partial charge in [-0.05, 0) is 23.9 Å². The zero-order valence-corrected chi connectivity index (χ0v) is 7.79. The number of halogens is 2. The second-order valence-corrected chi connectivity index (χ2v) is 3.30. The van der Waals surface area contributed by atoms with Gasteiger partial charge in [0, 0.05) is 4.90 Å². The van der Waals surface area contributed by atoms with Gasteiger partial charge < -0.3 is 0 Å². The molecular weight excluding hydrogens is 211 g/mol. The van der Waals surface area contributed by atoms with Crippen molar-refractivity contribution in [3.63, 3.8) is 0 Å². The first kappa shape index (κ1) is 9.85. The Labute approximate surface area is 83.5 Å². The van der Waals surface area contributed by atoms with Gasteiger partial charge in [0.2, 0.25) is 0 Å². The number of hydrogen-bond acceptors (Lipinski definition) is 3. The Kier molecular flexibility index (Phi) is 3.13. The van der Waals surface area contributed by atoms with Gasteiger partial charge in [0.1, 0.15) is 17.3 Å². The molecule has 0 N–H and O–H groups in total. The molecule has 0 aliphatic carbocycles. The molecule has 1 rings (SSSR count). The Balaban J connectivity index is 3.26. The Morgan fingerprint density at radius 1 is 1.38 bits per heavy atom. The van der Waals surface area contributed by atoms with E-state index in [-0.39, 0.29) is 10.6 Å². The third-order valence-electron chi connectivity index (χ3n) is 1.30. The first-order chi connectivity index (χ1) is 6.19. The summed E-state index contributed by atoms with van der Waals surface area (Å²) in [6.45, 7) is 0. The van der Waals surface area contributed by atoms with Crippen LogP contribution < -0.4 is 0 Å². The number of benzene rings is 1. The van der Waals surface area contributed by atoms with E-state index in [4.69, 9.17) is 22.1 Å². The third-order valence-corrected chi connectivity index (χ3v) is 2.37. The molecule has 0 amide bonds. The Morgan fingerprint density at radius 3 is 2.62 bits per heavy atom. The van der Waals surface area contributed by atoms with Gasteiger partial charge >= 0.3 is 0 Å². The van der Waals surface area contributed by atoms with E-state index < -0.39 is 5.82 Å². The van der Waals surface area contributed by atoms with Crippen molar-refractivity contribution >= 4 is 23.4 Å². The van der Waals surface area contributed by atoms with E-state index in [0.29, 0.717) is 4.90 Å². The lowest BCUT2D eigenvalue weighted by molar-refractivity contribution is 0.622. The summed E-state index contributed by atoms with van der Waals surface area (Å²) < 4.78 is 12.9. The van der Waals surface area contributed by atoms with E-state index in [2.05, 4.69) is 0 Å². The van der Waals surface area contributed by atoms with Crippen molar-refractivity contribution in [3.8, 4) is 11.5 Å². The van der Waals surface area contributed by atoms with E-state index in [0.717, 1.165) is 17.8 Å². The molecule has 0 bridgehead atoms. The number of thioether (sulfide) groups is 1. The molecule has 0 fully saturated rings. The fourth-order valence-electron chi connectivity index (χ4n) is 0.742. The molecule has 0 heterocycles. The van der Waals surface area contributed by atoms with E-state index in [9.17, 15) is 4.39 Å². The van der Waals surface area contributed by atoms with Crippen molar-refractivity contribution in [1.82, 2.24) is 0 Å². The first-order valence-corrected chi connectivity index (χ1v) is 4.33. The Hall–Kier alpha value is -1.23. The standard InChI is InChI=1S/C8H2ClFN2S/c9-6-2-7(10)5(3-11)1-8(6)13-4-12/h1-2H. The van der Waals surface area contributed by atoms with Gasteiger partial charge in [0.25, 0.3) is 0 Å². The highest BCUT2D eigenvalue weighted by atomic mass is 35.5. The zero-order chi connectivity index (χ0) is 9.84. The summed E-state index contributed by atoms with van der Waals surface area (Å²) in [5, 5.41) is 18.8. The normalized spacial score (nSPS) is 8.92. The van der Waals surface area contributed by atoms with E-state index in [1.165, 1.54) is 6.07 Å². The number of rotatable bonds is 1. The van der Waals surface area contributed by atoms with Crippen LogP contribution >= 0.6 is 23.4 Å². The molecule has 0 saturated heterocycles. The monoisotopic (exact) mass is 212 g/mol. The number of nitriles is 2. The summed E-state index contributed by atoms with van der Waals surface area (Å²) in [6, 6.07) is 3.95. The minimum absolute atomic E-state index is 0.109. The predicted molar refractivity (Wildman–Crippen MR) is 47.6 cm³/mol. The minimum Gasteiger partial charge on any atom is -0.205 e. The highest BCUT2D eigenvalue weighted by Crippen LogP contribution is 2.28. The van der Waals surface area contributed by atoms with Crippen LogP contribution in [0.4, 0.5) is 4.39 Å². The topological polar surface area (TPSA) is 47.6 Å². The van der Waals surface area contributed by atoms with Crippen LogP contribution in [0.25, 0.3) is 0 Å². The first-order valence-electron chi connectivity index (χ1n) is 3.14. The van der Waals surface area contributed by atoms with Crippen LogP contribution in [0.15, 0.2) is 17.0 Å². The van der Waals surface area contributed by atoms with Gasteiger partial charge in [-0.2, -0.15) is 10.5 Å². The van der Waals surface area contributed by atoms with Crippen LogP contribution in [-0.4, -0.2) is 0 Å². The van der Waals surface area contributed by atoms with Crippen molar-refractivity contribution < 1.29 is 4.39 Å². The van der Waals surface area contributed by atoms with E-state index in [1.54, 1.807) is 11.5 Å². The largest absolute Gasteiger partial charge is 0.205 e. The number of thiocyanates is 1. The van der Waals surface area contributed by atoms with Gasteiger partial charge in [-0.3, -0.25) is 0 Å². The Bertz CT molecular complexity index is 419. The lowest BCUT2D eigenvalue weighted by atomic mass is 10.2. The van der Waals surface area contributed by atoms with Gasteiger partial charge in [-0.15, -0.1) is 0 Å². The maximum atomic E-state index is 12.9. The van der Waals surface area contributed by atoms with Crippen molar-refractivity contribution in [3.05, 3.63) is 28.5 Å². The lowest BCUT2D eigenvalue weighted by Gasteiger charge is -1.99. The molecule has 1 aromatic rings. The van der Waals surface area contributed by atoms with Gasteiger partial charge in [0.05, 0.1) is 10.6 Å². The van der Waals surface area contributed by atoms with Crippen LogP contribution in [-0.2, 0) is 0 Å². The zero-order valence-electron chi connectivity index (χ0n) is 6.21. The van der Waals surface area contributed by atoms with Gasteiger partial charge in [-0.1, -0.05) is 11.6 Å². The molecule has 0 aliphatic rings. The summed E-state index contributed by atoms with van der Waals surface area (Å²) in [7, 11) is 0. The SMILES string of the molecule is N#CSc1cc(C#N)c(F)cc1Cl. The summed E-state index contributed by atoms with van der Waals surface area (Å²) in [6.07, 6.45) is 0. The molecule has 0 atom stereocenters. The fourth-order valence-corrected chi connectivity index (χ4v) is 1.44. The smallest absolute Gasteiger partial charge is 0.142 e. The minimum atomic E-state index is -0.671. The summed E-state index contributed by atoms with van der Waals surface area (Å²) in [5.74, 6) is -0.671. The highest BCUT2D eigenvalue weighted by molar-refractivity contribution is 8.03. The summed E-state index contributed by atoms with van der Waals surface area (Å²) >= 11 is 6.41. The molecule has 0 unspecified atom stereocenters. The fraction of sp³-hybridized carbons (Fsp3) is 0. The number of hydrogen-bond donors (Lipinski definition) is 0. The average Bonchev–Trinajstić information content (AvgIpc) is 2.10. The second kappa shape index (κ2) is 4.13. The lowest BCUT2D eigenvalue weighted by Crippen LogP contribution is -1.85. The summed E-state index contributed by atoms with van der Waals surface area (Å²) in [5.41, 5.74) is -0.109. The molecule has 0 saturated carbocycles. The van der Waals surface area contributed by atoms with Crippen molar-refractivity contribution in [2.45, 2.75) is 4.90 Å². The molecular formula is C8H2ClFN2S. The third kappa shape index (κ3) is 2.12. The van der Waals surface area contributed by atoms with Crippen LogP contribution in [0.2, 0.25) is 5.02 Å². The van der Waals surface area contributed by atoms with Crippen LogP contribution in [0.5, 0.6) is 0 Å². The van der Waals surface area contributed by atoms with Crippen LogP contribution in [0.1, 0.15) is 5.56 Å². The molecule has 0 spiro atoms.